The third-order valence-corrected chi connectivity index (χ3v) is 6.26. The van der Waals surface area contributed by atoms with Crippen molar-refractivity contribution < 1.29 is 9.29 Å². The largest absolute Gasteiger partial charge is 0.330 e. The SMILES string of the molecule is CC(C)[NH+](CCn1c(SCc2ccc(F)cc2)nc2ccccc2c1=O)C(C)C. The van der Waals surface area contributed by atoms with E-state index in [4.69, 9.17) is 4.98 Å². The smallest absolute Gasteiger partial charge is 0.262 e. The van der Waals surface area contributed by atoms with Gasteiger partial charge in [-0.1, -0.05) is 36.0 Å². The van der Waals surface area contributed by atoms with Crippen LogP contribution in [0.4, 0.5) is 4.39 Å². The molecule has 0 aliphatic carbocycles. The van der Waals surface area contributed by atoms with Crippen molar-refractivity contribution in [1.82, 2.24) is 9.55 Å². The monoisotopic (exact) mass is 414 g/mol. The van der Waals surface area contributed by atoms with Crippen molar-refractivity contribution in [3.63, 3.8) is 0 Å². The molecule has 3 aromatic rings. The number of rotatable bonds is 8. The first-order chi connectivity index (χ1) is 13.9. The second-order valence-corrected chi connectivity index (χ2v) is 8.86. The number of aromatic nitrogens is 2. The highest BCUT2D eigenvalue weighted by molar-refractivity contribution is 7.98. The summed E-state index contributed by atoms with van der Waals surface area (Å²) in [6.45, 7) is 10.3. The van der Waals surface area contributed by atoms with Crippen LogP contribution in [0.15, 0.2) is 58.5 Å². The Kier molecular flexibility index (Phi) is 7.09. The molecule has 0 radical (unpaired) electrons. The minimum atomic E-state index is -0.245. The number of nitrogens with zero attached hydrogens (tertiary/aromatic N) is 2. The van der Waals surface area contributed by atoms with Gasteiger partial charge in [0.05, 0.1) is 36.1 Å². The molecule has 154 valence electrons. The third-order valence-electron chi connectivity index (χ3n) is 5.22. The van der Waals surface area contributed by atoms with E-state index in [0.717, 1.165) is 12.1 Å². The molecule has 3 rings (SSSR count). The Hall–Kier alpha value is -2.18. The van der Waals surface area contributed by atoms with Crippen molar-refractivity contribution in [3.8, 4) is 0 Å². The predicted octanol–water partition coefficient (Wildman–Crippen LogP) is 3.53. The van der Waals surface area contributed by atoms with Gasteiger partial charge in [-0.3, -0.25) is 9.36 Å². The highest BCUT2D eigenvalue weighted by atomic mass is 32.2. The fourth-order valence-electron chi connectivity index (χ4n) is 3.67. The molecule has 0 atom stereocenters. The van der Waals surface area contributed by atoms with E-state index < -0.39 is 0 Å². The van der Waals surface area contributed by atoms with Crippen LogP contribution in [0, 0.1) is 5.82 Å². The van der Waals surface area contributed by atoms with E-state index in [0.29, 0.717) is 40.4 Å². The third kappa shape index (κ3) is 5.25. The number of nitrogens with one attached hydrogen (secondary N) is 1. The molecule has 0 saturated carbocycles. The maximum Gasteiger partial charge on any atom is 0.262 e. The summed E-state index contributed by atoms with van der Waals surface area (Å²) in [5, 5.41) is 1.36. The highest BCUT2D eigenvalue weighted by Gasteiger charge is 2.19. The molecule has 4 nitrogen and oxygen atoms in total. The lowest BCUT2D eigenvalue weighted by Gasteiger charge is -2.28. The minimum absolute atomic E-state index is 0.00377. The second kappa shape index (κ2) is 9.55. The van der Waals surface area contributed by atoms with Crippen LogP contribution in [0.1, 0.15) is 33.3 Å². The van der Waals surface area contributed by atoms with E-state index in [1.807, 2.05) is 24.3 Å². The first-order valence-corrected chi connectivity index (χ1v) is 11.1. The number of hydrogen-bond acceptors (Lipinski definition) is 3. The number of halogens is 1. The lowest BCUT2D eigenvalue weighted by molar-refractivity contribution is -0.942. The Morgan fingerprint density at radius 2 is 1.69 bits per heavy atom. The molecular weight excluding hydrogens is 385 g/mol. The maximum atomic E-state index is 13.2. The van der Waals surface area contributed by atoms with Gasteiger partial charge in [-0.05, 0) is 57.5 Å². The van der Waals surface area contributed by atoms with Crippen LogP contribution in [0.2, 0.25) is 0 Å². The van der Waals surface area contributed by atoms with Gasteiger partial charge < -0.3 is 4.90 Å². The Bertz CT molecular complexity index is 1010. The van der Waals surface area contributed by atoms with Crippen LogP contribution >= 0.6 is 11.8 Å². The number of fused-ring (bicyclic) bond motifs is 1. The lowest BCUT2D eigenvalue weighted by Crippen LogP contribution is -3.18. The topological polar surface area (TPSA) is 39.3 Å². The molecule has 1 N–H and O–H groups in total. The molecule has 0 spiro atoms. The standard InChI is InChI=1S/C23H28FN3OS/c1-16(2)26(17(3)4)13-14-27-22(28)20-7-5-6-8-21(20)25-23(27)29-15-18-9-11-19(24)12-10-18/h5-12,16-17H,13-15H2,1-4H3/p+1. The number of quaternary nitrogens is 1. The molecule has 0 fully saturated rings. The molecule has 6 heteroatoms. The van der Waals surface area contributed by atoms with Crippen molar-refractivity contribution in [2.75, 3.05) is 6.54 Å². The average molecular weight is 415 g/mol. The summed E-state index contributed by atoms with van der Waals surface area (Å²) in [7, 11) is 0. The van der Waals surface area contributed by atoms with Crippen molar-refractivity contribution >= 4 is 22.7 Å². The van der Waals surface area contributed by atoms with Crippen LogP contribution < -0.4 is 10.5 Å². The van der Waals surface area contributed by atoms with Crippen molar-refractivity contribution in [1.29, 1.82) is 0 Å². The van der Waals surface area contributed by atoms with Gasteiger partial charge >= 0.3 is 0 Å². The van der Waals surface area contributed by atoms with Gasteiger partial charge in [0.2, 0.25) is 0 Å². The zero-order chi connectivity index (χ0) is 21.0. The van der Waals surface area contributed by atoms with E-state index in [2.05, 4.69) is 27.7 Å². The molecule has 0 aliphatic heterocycles. The summed E-state index contributed by atoms with van der Waals surface area (Å²) in [4.78, 5) is 19.4. The second-order valence-electron chi connectivity index (χ2n) is 7.92. The average Bonchev–Trinajstić information content (AvgIpc) is 2.69. The normalized spacial score (nSPS) is 11.9. The number of para-hydroxylation sites is 1. The zero-order valence-electron chi connectivity index (χ0n) is 17.5. The Balaban J connectivity index is 1.92. The summed E-state index contributed by atoms with van der Waals surface area (Å²) in [5.41, 5.74) is 1.72. The molecule has 2 aromatic carbocycles. The van der Waals surface area contributed by atoms with Gasteiger partial charge in [-0.25, -0.2) is 9.37 Å². The van der Waals surface area contributed by atoms with Gasteiger partial charge in [-0.15, -0.1) is 0 Å². The van der Waals surface area contributed by atoms with E-state index in [9.17, 15) is 9.18 Å². The summed E-state index contributed by atoms with van der Waals surface area (Å²) in [6.07, 6.45) is 0. The van der Waals surface area contributed by atoms with Crippen molar-refractivity contribution in [2.24, 2.45) is 0 Å². The first kappa shape index (κ1) is 21.5. The first-order valence-electron chi connectivity index (χ1n) is 10.1. The summed E-state index contributed by atoms with van der Waals surface area (Å²) in [6, 6.07) is 14.9. The quantitative estimate of drug-likeness (QED) is 0.453. The van der Waals surface area contributed by atoms with Crippen LogP contribution in [0.25, 0.3) is 10.9 Å². The van der Waals surface area contributed by atoms with E-state index >= 15 is 0 Å². The van der Waals surface area contributed by atoms with Crippen LogP contribution in [0.3, 0.4) is 0 Å². The molecule has 0 unspecified atom stereocenters. The molecule has 1 aromatic heterocycles. The van der Waals surface area contributed by atoms with Gasteiger partial charge in [0.15, 0.2) is 5.16 Å². The van der Waals surface area contributed by atoms with Crippen molar-refractivity contribution in [3.05, 3.63) is 70.3 Å². The fourth-order valence-corrected chi connectivity index (χ4v) is 4.65. The lowest BCUT2D eigenvalue weighted by atomic mass is 10.2. The number of hydrogen-bond donors (Lipinski definition) is 1. The minimum Gasteiger partial charge on any atom is -0.330 e. The molecule has 1 heterocycles. The van der Waals surface area contributed by atoms with Gasteiger partial charge in [0.1, 0.15) is 5.82 Å². The molecule has 29 heavy (non-hydrogen) atoms. The fraction of sp³-hybridized carbons (Fsp3) is 0.391. The van der Waals surface area contributed by atoms with Crippen molar-refractivity contribution in [2.45, 2.75) is 57.2 Å². The number of benzene rings is 2. The Morgan fingerprint density at radius 3 is 2.34 bits per heavy atom. The van der Waals surface area contributed by atoms with Crippen LogP contribution in [0.5, 0.6) is 0 Å². The van der Waals surface area contributed by atoms with Gasteiger partial charge in [0.25, 0.3) is 5.56 Å². The zero-order valence-corrected chi connectivity index (χ0v) is 18.3. The Morgan fingerprint density at radius 1 is 1.03 bits per heavy atom. The number of thioether (sulfide) groups is 1. The van der Waals surface area contributed by atoms with Gasteiger partial charge in [0, 0.05) is 5.75 Å². The highest BCUT2D eigenvalue weighted by Crippen LogP contribution is 2.22. The summed E-state index contributed by atoms with van der Waals surface area (Å²) in [5.74, 6) is 0.389. The molecule has 0 amide bonds. The summed E-state index contributed by atoms with van der Waals surface area (Å²) < 4.78 is 15.0. The molecule has 0 aliphatic rings. The van der Waals surface area contributed by atoms with E-state index in [-0.39, 0.29) is 11.4 Å². The van der Waals surface area contributed by atoms with Gasteiger partial charge in [-0.2, -0.15) is 0 Å². The summed E-state index contributed by atoms with van der Waals surface area (Å²) >= 11 is 1.52. The van der Waals surface area contributed by atoms with Crippen LogP contribution in [-0.2, 0) is 12.3 Å². The maximum absolute atomic E-state index is 13.2. The predicted molar refractivity (Wildman–Crippen MR) is 118 cm³/mol. The Labute approximate surface area is 175 Å². The van der Waals surface area contributed by atoms with E-state index in [1.165, 1.54) is 28.8 Å². The van der Waals surface area contributed by atoms with Crippen LogP contribution in [-0.4, -0.2) is 28.2 Å². The molecular formula is C23H29FN3OS+. The molecule has 0 bridgehead atoms. The molecule has 0 saturated heterocycles. The van der Waals surface area contributed by atoms with E-state index in [1.54, 1.807) is 16.7 Å².